The van der Waals surface area contributed by atoms with E-state index in [9.17, 15) is 8.78 Å². The average molecular weight is 391 g/mol. The van der Waals surface area contributed by atoms with Crippen LogP contribution in [0.1, 0.15) is 50.1 Å². The molecular weight excluding hydrogens is 358 g/mol. The Bertz CT molecular complexity index is 673. The third-order valence-electron chi connectivity index (χ3n) is 7.59. The summed E-state index contributed by atoms with van der Waals surface area (Å²) in [4.78, 5) is 5.33. The van der Waals surface area contributed by atoms with Gasteiger partial charge >= 0.3 is 0 Å². The fourth-order valence-electron chi connectivity index (χ4n) is 6.48. The van der Waals surface area contributed by atoms with Gasteiger partial charge in [-0.1, -0.05) is 0 Å². The number of halogens is 2. The summed E-state index contributed by atoms with van der Waals surface area (Å²) in [6.07, 6.45) is 7.14. The van der Waals surface area contributed by atoms with Gasteiger partial charge in [0.1, 0.15) is 11.6 Å². The van der Waals surface area contributed by atoms with E-state index in [1.54, 1.807) is 12.1 Å². The van der Waals surface area contributed by atoms with Crippen molar-refractivity contribution in [2.45, 2.75) is 50.6 Å². The van der Waals surface area contributed by atoms with E-state index >= 15 is 0 Å². The number of hydrogen-bond donors (Lipinski definition) is 0. The Kier molecular flexibility index (Phi) is 5.42. The van der Waals surface area contributed by atoms with Gasteiger partial charge in [-0.25, -0.2) is 8.78 Å². The van der Waals surface area contributed by atoms with Crippen LogP contribution in [0.25, 0.3) is 0 Å². The first-order chi connectivity index (χ1) is 13.7. The molecular formula is C23H32F2N2O. The Labute approximate surface area is 167 Å². The van der Waals surface area contributed by atoms with E-state index in [1.807, 2.05) is 0 Å². The quantitative estimate of drug-likeness (QED) is 0.768. The predicted octanol–water partition coefficient (Wildman–Crippen LogP) is 4.24. The van der Waals surface area contributed by atoms with Crippen molar-refractivity contribution >= 4 is 0 Å². The van der Waals surface area contributed by atoms with Gasteiger partial charge in [-0.3, -0.25) is 4.90 Å². The Morgan fingerprint density at radius 1 is 0.929 bits per heavy atom. The maximum absolute atomic E-state index is 13.8. The summed E-state index contributed by atoms with van der Waals surface area (Å²) in [5, 5.41) is 0. The molecule has 0 N–H and O–H groups in total. The molecule has 4 atom stereocenters. The second-order valence-electron chi connectivity index (χ2n) is 9.55. The molecule has 4 aliphatic rings. The summed E-state index contributed by atoms with van der Waals surface area (Å²) in [6.45, 7) is 6.53. The second-order valence-corrected chi connectivity index (χ2v) is 9.55. The van der Waals surface area contributed by atoms with Gasteiger partial charge in [0.2, 0.25) is 0 Å². The van der Waals surface area contributed by atoms with Crippen molar-refractivity contribution in [1.29, 1.82) is 0 Å². The van der Waals surface area contributed by atoms with Crippen LogP contribution in [-0.2, 0) is 4.74 Å². The van der Waals surface area contributed by atoms with Gasteiger partial charge in [0, 0.05) is 57.5 Å². The van der Waals surface area contributed by atoms with Gasteiger partial charge in [0.15, 0.2) is 0 Å². The number of nitrogens with zero attached hydrogens (tertiary/aromatic N) is 2. The summed E-state index contributed by atoms with van der Waals surface area (Å²) in [6, 6.07) is 4.84. The van der Waals surface area contributed by atoms with E-state index in [4.69, 9.17) is 4.74 Å². The zero-order valence-corrected chi connectivity index (χ0v) is 16.7. The highest BCUT2D eigenvalue weighted by Crippen LogP contribution is 2.44. The molecule has 3 nitrogen and oxygen atoms in total. The topological polar surface area (TPSA) is 15.7 Å². The zero-order valence-electron chi connectivity index (χ0n) is 16.7. The van der Waals surface area contributed by atoms with Crippen LogP contribution in [0.4, 0.5) is 8.78 Å². The molecule has 2 bridgehead atoms. The Hall–Kier alpha value is -1.04. The fraction of sp³-hybridized carbons (Fsp3) is 0.739. The van der Waals surface area contributed by atoms with Crippen LogP contribution in [0.3, 0.4) is 0 Å². The number of likely N-dealkylation sites (tertiary alicyclic amines) is 1. The second kappa shape index (κ2) is 8.00. The van der Waals surface area contributed by atoms with Crippen molar-refractivity contribution in [1.82, 2.24) is 9.80 Å². The largest absolute Gasteiger partial charge is 0.381 e. The van der Waals surface area contributed by atoms with E-state index in [0.717, 1.165) is 50.1 Å². The molecule has 0 radical (unpaired) electrons. The number of rotatable bonds is 3. The molecule has 0 aromatic heterocycles. The summed E-state index contributed by atoms with van der Waals surface area (Å²) >= 11 is 0. The summed E-state index contributed by atoms with van der Waals surface area (Å²) in [7, 11) is 0. The van der Waals surface area contributed by atoms with E-state index in [-0.39, 0.29) is 6.04 Å². The van der Waals surface area contributed by atoms with Crippen LogP contribution in [0.5, 0.6) is 0 Å². The highest BCUT2D eigenvalue weighted by molar-refractivity contribution is 5.23. The van der Waals surface area contributed by atoms with Crippen LogP contribution >= 0.6 is 0 Å². The smallest absolute Gasteiger partial charge is 0.126 e. The minimum atomic E-state index is -0.447. The van der Waals surface area contributed by atoms with Crippen molar-refractivity contribution < 1.29 is 13.5 Å². The molecule has 4 saturated heterocycles. The molecule has 5 rings (SSSR count). The molecule has 4 heterocycles. The Balaban J connectivity index is 1.30. The monoisotopic (exact) mass is 390 g/mol. The van der Waals surface area contributed by atoms with Gasteiger partial charge in [-0.2, -0.15) is 0 Å². The highest BCUT2D eigenvalue weighted by Gasteiger charge is 2.45. The SMILES string of the molecule is Fc1cc(F)cc([C@H]2CCC[C@H]3[C@@H]4C[C@@H](CN(CC5CCOCC5)C4)CN23)c1. The molecule has 28 heavy (non-hydrogen) atoms. The van der Waals surface area contributed by atoms with Crippen molar-refractivity contribution in [2.24, 2.45) is 17.8 Å². The van der Waals surface area contributed by atoms with Gasteiger partial charge < -0.3 is 9.64 Å². The molecule has 154 valence electrons. The lowest BCUT2D eigenvalue weighted by Gasteiger charge is -2.55. The summed E-state index contributed by atoms with van der Waals surface area (Å²) in [5.41, 5.74) is 0.834. The van der Waals surface area contributed by atoms with Crippen LogP contribution in [-0.4, -0.2) is 55.2 Å². The van der Waals surface area contributed by atoms with E-state index in [0.29, 0.717) is 17.9 Å². The molecule has 4 fully saturated rings. The fourth-order valence-corrected chi connectivity index (χ4v) is 6.48. The van der Waals surface area contributed by atoms with Gasteiger partial charge in [-0.15, -0.1) is 0 Å². The first kappa shape index (κ1) is 19.0. The third-order valence-corrected chi connectivity index (χ3v) is 7.59. The first-order valence-corrected chi connectivity index (χ1v) is 11.2. The molecule has 0 spiro atoms. The van der Waals surface area contributed by atoms with E-state index < -0.39 is 11.6 Å². The van der Waals surface area contributed by atoms with Crippen molar-refractivity contribution in [3.63, 3.8) is 0 Å². The normalized spacial score (nSPS) is 34.9. The minimum absolute atomic E-state index is 0.177. The van der Waals surface area contributed by atoms with Crippen LogP contribution < -0.4 is 0 Å². The first-order valence-electron chi connectivity index (χ1n) is 11.2. The van der Waals surface area contributed by atoms with Gasteiger partial charge in [0.05, 0.1) is 0 Å². The Morgan fingerprint density at radius 3 is 2.50 bits per heavy atom. The molecule has 0 aliphatic carbocycles. The van der Waals surface area contributed by atoms with Crippen LogP contribution in [0.15, 0.2) is 18.2 Å². The third kappa shape index (κ3) is 3.86. The van der Waals surface area contributed by atoms with Gasteiger partial charge in [-0.05, 0) is 74.0 Å². The maximum atomic E-state index is 13.8. The number of hydrogen-bond acceptors (Lipinski definition) is 3. The highest BCUT2D eigenvalue weighted by atomic mass is 19.1. The number of benzene rings is 1. The molecule has 4 aliphatic heterocycles. The predicted molar refractivity (Wildman–Crippen MR) is 105 cm³/mol. The average Bonchev–Trinajstić information content (AvgIpc) is 2.67. The van der Waals surface area contributed by atoms with Crippen molar-refractivity contribution in [3.05, 3.63) is 35.4 Å². The lowest BCUT2D eigenvalue weighted by Crippen LogP contribution is -2.60. The van der Waals surface area contributed by atoms with Crippen molar-refractivity contribution in [2.75, 3.05) is 39.4 Å². The van der Waals surface area contributed by atoms with E-state index in [1.165, 1.54) is 45.3 Å². The molecule has 0 amide bonds. The van der Waals surface area contributed by atoms with Crippen LogP contribution in [0, 0.1) is 29.4 Å². The lowest BCUT2D eigenvalue weighted by atomic mass is 9.73. The van der Waals surface area contributed by atoms with Crippen LogP contribution in [0.2, 0.25) is 0 Å². The molecule has 5 heteroatoms. The maximum Gasteiger partial charge on any atom is 0.126 e. The number of ether oxygens (including phenoxy) is 1. The lowest BCUT2D eigenvalue weighted by molar-refractivity contribution is -0.0631. The van der Waals surface area contributed by atoms with Crippen molar-refractivity contribution in [3.8, 4) is 0 Å². The summed E-state index contributed by atoms with van der Waals surface area (Å²) < 4.78 is 33.2. The van der Waals surface area contributed by atoms with E-state index in [2.05, 4.69) is 9.80 Å². The zero-order chi connectivity index (χ0) is 19.1. The Morgan fingerprint density at radius 2 is 1.71 bits per heavy atom. The molecule has 0 unspecified atom stereocenters. The number of piperidine rings is 3. The standard InChI is InChI=1S/C23H32F2N2O/c24-20-9-18(10-21(25)11-20)22-2-1-3-23-19-8-17(14-27(22)23)13-26(15-19)12-16-4-6-28-7-5-16/h9-11,16-17,19,22-23H,1-8,12-15H2/t17-,19+,22+,23-/m0/s1. The molecule has 0 saturated carbocycles. The molecule has 1 aromatic rings. The summed E-state index contributed by atoms with van der Waals surface area (Å²) in [5.74, 6) is 1.29. The minimum Gasteiger partial charge on any atom is -0.381 e. The number of fused-ring (bicyclic) bond motifs is 4. The molecule has 1 aromatic carbocycles. The van der Waals surface area contributed by atoms with Gasteiger partial charge in [0.25, 0.3) is 0 Å².